The molecule has 29 heavy (non-hydrogen) atoms. The van der Waals surface area contributed by atoms with Gasteiger partial charge >= 0.3 is 0 Å². The van der Waals surface area contributed by atoms with E-state index in [1.165, 1.54) is 10.9 Å². The quantitative estimate of drug-likeness (QED) is 0.288. The van der Waals surface area contributed by atoms with Crippen molar-refractivity contribution in [3.05, 3.63) is 41.7 Å². The number of aromatic nitrogens is 4. The van der Waals surface area contributed by atoms with Gasteiger partial charge in [-0.05, 0) is 12.5 Å². The molecule has 0 radical (unpaired) electrons. The Hall–Kier alpha value is -3.12. The van der Waals surface area contributed by atoms with Gasteiger partial charge in [-0.15, -0.1) is 0 Å². The predicted molar refractivity (Wildman–Crippen MR) is 105 cm³/mol. The first kappa shape index (κ1) is 19.2. The van der Waals surface area contributed by atoms with Crippen molar-refractivity contribution in [2.75, 3.05) is 17.8 Å². The summed E-state index contributed by atoms with van der Waals surface area (Å²) < 4.78 is 6.98. The van der Waals surface area contributed by atoms with Crippen LogP contribution in [0, 0.1) is 6.92 Å². The lowest BCUT2D eigenvalue weighted by Gasteiger charge is -2.16. The van der Waals surface area contributed by atoms with Crippen molar-refractivity contribution >= 4 is 29.1 Å². The smallest absolute Gasteiger partial charge is 0.247 e. The van der Waals surface area contributed by atoms with E-state index in [2.05, 4.69) is 25.5 Å². The normalized spacial score (nSPS) is 24.6. The van der Waals surface area contributed by atoms with Crippen LogP contribution in [0.2, 0.25) is 0 Å². The lowest BCUT2D eigenvalue weighted by molar-refractivity contribution is -0.0511. The Bertz CT molecular complexity index is 1050. The molecule has 1 aliphatic heterocycles. The molecule has 0 saturated carbocycles. The van der Waals surface area contributed by atoms with Crippen molar-refractivity contribution < 1.29 is 20.1 Å². The fraction of sp³-hybridized carbons (Fsp3) is 0.333. The van der Waals surface area contributed by atoms with Crippen LogP contribution in [0.1, 0.15) is 17.4 Å². The average Bonchev–Trinajstić information content (AvgIpc) is 3.24. The Kier molecular flexibility index (Phi) is 5.11. The monoisotopic (exact) mass is 399 g/mol. The summed E-state index contributed by atoms with van der Waals surface area (Å²) in [7, 11) is 0. The molecular weight excluding hydrogens is 378 g/mol. The number of aliphatic hydroxyl groups is 3. The number of hydrogen-bond donors (Lipinski definition) is 5. The molecule has 0 unspecified atom stereocenters. The van der Waals surface area contributed by atoms with Crippen molar-refractivity contribution in [1.29, 1.82) is 0 Å². The van der Waals surface area contributed by atoms with Crippen molar-refractivity contribution in [3.63, 3.8) is 0 Å². The minimum Gasteiger partial charge on any atom is -0.394 e. The number of hydrogen-bond acceptors (Lipinski definition) is 10. The molecular formula is C18H21N7O4. The molecule has 2 aromatic heterocycles. The van der Waals surface area contributed by atoms with Crippen LogP contribution in [0.3, 0.4) is 0 Å². The van der Waals surface area contributed by atoms with E-state index in [1.54, 1.807) is 6.21 Å². The number of hydrazone groups is 1. The van der Waals surface area contributed by atoms with Gasteiger partial charge in [0.05, 0.1) is 19.1 Å². The van der Waals surface area contributed by atoms with Crippen LogP contribution in [0.15, 0.2) is 35.7 Å². The molecule has 3 heterocycles. The number of nitrogens with one attached hydrogen (secondary N) is 1. The van der Waals surface area contributed by atoms with Gasteiger partial charge in [-0.2, -0.15) is 15.1 Å². The van der Waals surface area contributed by atoms with Crippen molar-refractivity contribution in [2.24, 2.45) is 5.10 Å². The molecule has 6 N–H and O–H groups in total. The van der Waals surface area contributed by atoms with Crippen LogP contribution >= 0.6 is 0 Å². The van der Waals surface area contributed by atoms with Crippen LogP contribution in [-0.4, -0.2) is 66.0 Å². The predicted octanol–water partition coefficient (Wildman–Crippen LogP) is -0.226. The average molecular weight is 399 g/mol. The highest BCUT2D eigenvalue weighted by atomic mass is 16.6. The molecule has 1 aromatic carbocycles. The van der Waals surface area contributed by atoms with E-state index < -0.39 is 31.1 Å². The summed E-state index contributed by atoms with van der Waals surface area (Å²) >= 11 is 0. The summed E-state index contributed by atoms with van der Waals surface area (Å²) in [5.41, 5.74) is 11.3. The van der Waals surface area contributed by atoms with E-state index >= 15 is 0 Å². The number of nitrogens with zero attached hydrogens (tertiary/aromatic N) is 5. The molecule has 152 valence electrons. The van der Waals surface area contributed by atoms with Crippen LogP contribution in [0.25, 0.3) is 11.2 Å². The molecule has 1 aliphatic rings. The molecule has 0 amide bonds. The minimum atomic E-state index is -1.27. The van der Waals surface area contributed by atoms with Gasteiger partial charge in [-0.3, -0.25) is 4.57 Å². The first-order chi connectivity index (χ1) is 14.0. The van der Waals surface area contributed by atoms with Gasteiger partial charge in [0, 0.05) is 0 Å². The zero-order chi connectivity index (χ0) is 20.5. The van der Waals surface area contributed by atoms with Gasteiger partial charge in [0.15, 0.2) is 17.7 Å². The molecule has 1 saturated heterocycles. The summed E-state index contributed by atoms with van der Waals surface area (Å²) in [4.78, 5) is 12.6. The molecule has 4 rings (SSSR count). The second-order valence-electron chi connectivity index (χ2n) is 6.77. The van der Waals surface area contributed by atoms with Crippen molar-refractivity contribution in [2.45, 2.75) is 31.5 Å². The lowest BCUT2D eigenvalue weighted by Crippen LogP contribution is -2.33. The highest BCUT2D eigenvalue weighted by Gasteiger charge is 2.44. The highest BCUT2D eigenvalue weighted by molar-refractivity contribution is 5.83. The molecule has 1 fully saturated rings. The van der Waals surface area contributed by atoms with Gasteiger partial charge < -0.3 is 25.8 Å². The maximum absolute atomic E-state index is 10.3. The van der Waals surface area contributed by atoms with Crippen molar-refractivity contribution in [3.8, 4) is 0 Å². The van der Waals surface area contributed by atoms with Gasteiger partial charge in [-0.25, -0.2) is 10.4 Å². The molecule has 0 aliphatic carbocycles. The Morgan fingerprint density at radius 1 is 1.31 bits per heavy atom. The number of aryl methyl sites for hydroxylation is 1. The standard InChI is InChI=1S/C18H21N7O4/c1-9-3-2-4-10(5-9)6-21-24-18-22-15(19)12-16(23-18)25(8-20-12)17-14(28)13(27)11(7-26)29-17/h2-6,8,11,13-14,17,26-28H,7H2,1H3,(H3,19,22,23,24)/t11-,13-,14-,17-/m1/s1. The second kappa shape index (κ2) is 7.72. The number of anilines is 2. The van der Waals surface area contributed by atoms with Gasteiger partial charge in [0.2, 0.25) is 5.95 Å². The molecule has 0 bridgehead atoms. The molecule has 4 atom stereocenters. The summed E-state index contributed by atoms with van der Waals surface area (Å²) in [6, 6.07) is 7.80. The van der Waals surface area contributed by atoms with Gasteiger partial charge in [-0.1, -0.05) is 29.8 Å². The zero-order valence-electron chi connectivity index (χ0n) is 15.5. The fourth-order valence-electron chi connectivity index (χ4n) is 3.20. The zero-order valence-corrected chi connectivity index (χ0v) is 15.5. The Labute approximate surface area is 165 Å². The number of aliphatic hydroxyl groups excluding tert-OH is 3. The molecule has 3 aromatic rings. The molecule has 11 nitrogen and oxygen atoms in total. The van der Waals surface area contributed by atoms with E-state index in [1.807, 2.05) is 31.2 Å². The van der Waals surface area contributed by atoms with E-state index in [9.17, 15) is 15.3 Å². The number of nitrogens with two attached hydrogens (primary N) is 1. The number of rotatable bonds is 5. The van der Waals surface area contributed by atoms with Crippen molar-refractivity contribution in [1.82, 2.24) is 19.5 Å². The minimum absolute atomic E-state index is 0.119. The Balaban J connectivity index is 1.62. The first-order valence-corrected chi connectivity index (χ1v) is 8.96. The first-order valence-electron chi connectivity index (χ1n) is 8.96. The van der Waals surface area contributed by atoms with E-state index in [4.69, 9.17) is 10.5 Å². The largest absolute Gasteiger partial charge is 0.394 e. The van der Waals surface area contributed by atoms with Gasteiger partial charge in [0.1, 0.15) is 23.8 Å². The lowest BCUT2D eigenvalue weighted by atomic mass is 10.1. The topological polar surface area (TPSA) is 164 Å². The maximum atomic E-state index is 10.3. The molecule has 11 heteroatoms. The van der Waals surface area contributed by atoms with Crippen LogP contribution in [-0.2, 0) is 4.74 Å². The number of imidazole rings is 1. The molecule has 0 spiro atoms. The highest BCUT2D eigenvalue weighted by Crippen LogP contribution is 2.32. The maximum Gasteiger partial charge on any atom is 0.247 e. The van der Waals surface area contributed by atoms with E-state index in [0.29, 0.717) is 11.2 Å². The third kappa shape index (κ3) is 3.63. The van der Waals surface area contributed by atoms with Crippen LogP contribution in [0.5, 0.6) is 0 Å². The Morgan fingerprint density at radius 3 is 2.86 bits per heavy atom. The van der Waals surface area contributed by atoms with Crippen LogP contribution < -0.4 is 11.2 Å². The third-order valence-corrected chi connectivity index (χ3v) is 4.66. The van der Waals surface area contributed by atoms with E-state index in [-0.39, 0.29) is 11.8 Å². The Morgan fingerprint density at radius 2 is 2.14 bits per heavy atom. The number of benzene rings is 1. The summed E-state index contributed by atoms with van der Waals surface area (Å²) in [5.74, 6) is 0.251. The number of nitrogen functional groups attached to an aromatic ring is 1. The SMILES string of the molecule is Cc1cccc(C=NNc2nc(N)c3ncn([C@@H]4O[C@H](CO)[C@@H](O)[C@H]4O)c3n2)c1. The van der Waals surface area contributed by atoms with Crippen LogP contribution in [0.4, 0.5) is 11.8 Å². The summed E-state index contributed by atoms with van der Waals surface area (Å²) in [6.07, 6.45) is -1.39. The second-order valence-corrected chi connectivity index (χ2v) is 6.77. The fourth-order valence-corrected chi connectivity index (χ4v) is 3.20. The van der Waals surface area contributed by atoms with Gasteiger partial charge in [0.25, 0.3) is 0 Å². The number of ether oxygens (including phenoxy) is 1. The number of fused-ring (bicyclic) bond motifs is 1. The third-order valence-electron chi connectivity index (χ3n) is 4.66. The summed E-state index contributed by atoms with van der Waals surface area (Å²) in [6.45, 7) is 1.56. The van der Waals surface area contributed by atoms with E-state index in [0.717, 1.165) is 11.1 Å². The summed E-state index contributed by atoms with van der Waals surface area (Å²) in [5, 5.41) is 33.7.